The van der Waals surface area contributed by atoms with Crippen molar-refractivity contribution in [1.29, 1.82) is 0 Å². The van der Waals surface area contributed by atoms with Gasteiger partial charge < -0.3 is 14.8 Å². The van der Waals surface area contributed by atoms with Crippen LogP contribution in [0.3, 0.4) is 0 Å². The Hall–Kier alpha value is -3.52. The van der Waals surface area contributed by atoms with Crippen molar-refractivity contribution < 1.29 is 22.7 Å². The smallest absolute Gasteiger partial charge is 0.261 e. The third kappa shape index (κ3) is 5.30. The standard InChI is InChI=1S/C22H22N2O5S/c1-3-29-20-9-5-7-17(15-20)23-22(25)16-6-4-8-18(14-16)24-30(26,27)21-12-10-19(28-2)11-13-21/h4-15,24H,3H2,1-2H3,(H,23,25). The third-order valence-electron chi connectivity index (χ3n) is 4.15. The van der Waals surface area contributed by atoms with Gasteiger partial charge in [0.2, 0.25) is 0 Å². The summed E-state index contributed by atoms with van der Waals surface area (Å²) in [7, 11) is -2.30. The highest BCUT2D eigenvalue weighted by Gasteiger charge is 2.15. The van der Waals surface area contributed by atoms with Gasteiger partial charge in [-0.05, 0) is 61.5 Å². The van der Waals surface area contributed by atoms with Crippen molar-refractivity contribution in [1.82, 2.24) is 0 Å². The summed E-state index contributed by atoms with van der Waals surface area (Å²) in [6, 6.07) is 19.3. The molecule has 0 saturated heterocycles. The van der Waals surface area contributed by atoms with E-state index in [1.54, 1.807) is 54.6 Å². The van der Waals surface area contributed by atoms with E-state index in [4.69, 9.17) is 9.47 Å². The summed E-state index contributed by atoms with van der Waals surface area (Å²) in [5.74, 6) is 0.839. The van der Waals surface area contributed by atoms with Crippen LogP contribution in [0.25, 0.3) is 0 Å². The maximum atomic E-state index is 12.6. The predicted molar refractivity (Wildman–Crippen MR) is 116 cm³/mol. The fraction of sp³-hybridized carbons (Fsp3) is 0.136. The summed E-state index contributed by atoms with van der Waals surface area (Å²) in [5.41, 5.74) is 1.17. The van der Waals surface area contributed by atoms with E-state index in [0.717, 1.165) is 0 Å². The summed E-state index contributed by atoms with van der Waals surface area (Å²) < 4.78 is 38.2. The fourth-order valence-corrected chi connectivity index (χ4v) is 3.78. The molecule has 0 aliphatic rings. The molecule has 3 aromatic rings. The molecule has 0 aromatic heterocycles. The zero-order valence-corrected chi connectivity index (χ0v) is 17.4. The highest BCUT2D eigenvalue weighted by atomic mass is 32.2. The van der Waals surface area contributed by atoms with Crippen LogP contribution in [0.5, 0.6) is 11.5 Å². The predicted octanol–water partition coefficient (Wildman–Crippen LogP) is 4.15. The zero-order valence-electron chi connectivity index (χ0n) is 16.6. The summed E-state index contributed by atoms with van der Waals surface area (Å²) in [5, 5.41) is 2.78. The van der Waals surface area contributed by atoms with Crippen LogP contribution in [0.4, 0.5) is 11.4 Å². The van der Waals surface area contributed by atoms with Crippen LogP contribution in [0.2, 0.25) is 0 Å². The van der Waals surface area contributed by atoms with E-state index in [1.165, 1.54) is 25.3 Å². The van der Waals surface area contributed by atoms with E-state index in [1.807, 2.05) is 6.92 Å². The number of nitrogens with one attached hydrogen (secondary N) is 2. The molecule has 2 N–H and O–H groups in total. The lowest BCUT2D eigenvalue weighted by Crippen LogP contribution is -2.15. The Kier molecular flexibility index (Phi) is 6.58. The minimum Gasteiger partial charge on any atom is -0.497 e. The molecule has 30 heavy (non-hydrogen) atoms. The second-order valence-electron chi connectivity index (χ2n) is 6.28. The first-order chi connectivity index (χ1) is 14.4. The van der Waals surface area contributed by atoms with Crippen molar-refractivity contribution in [3.63, 3.8) is 0 Å². The van der Waals surface area contributed by atoms with Crippen molar-refractivity contribution in [3.8, 4) is 11.5 Å². The second-order valence-corrected chi connectivity index (χ2v) is 7.96. The maximum absolute atomic E-state index is 12.6. The van der Waals surface area contributed by atoms with Crippen LogP contribution in [0.1, 0.15) is 17.3 Å². The van der Waals surface area contributed by atoms with E-state index >= 15 is 0 Å². The SMILES string of the molecule is CCOc1cccc(NC(=O)c2cccc(NS(=O)(=O)c3ccc(OC)cc3)c2)c1. The third-order valence-corrected chi connectivity index (χ3v) is 5.55. The zero-order chi connectivity index (χ0) is 21.6. The number of rotatable bonds is 8. The first kappa shape index (κ1) is 21.2. The van der Waals surface area contributed by atoms with Crippen molar-refractivity contribution in [2.24, 2.45) is 0 Å². The molecule has 1 amide bonds. The number of amides is 1. The number of ether oxygens (including phenoxy) is 2. The molecule has 3 aromatic carbocycles. The second kappa shape index (κ2) is 9.32. The number of carbonyl (C=O) groups excluding carboxylic acids is 1. The molecule has 8 heteroatoms. The Morgan fingerprint density at radius 1 is 0.900 bits per heavy atom. The van der Waals surface area contributed by atoms with E-state index in [-0.39, 0.29) is 16.5 Å². The molecule has 0 heterocycles. The Morgan fingerprint density at radius 2 is 1.60 bits per heavy atom. The van der Waals surface area contributed by atoms with Gasteiger partial charge in [0.1, 0.15) is 11.5 Å². The Balaban J connectivity index is 1.75. The lowest BCUT2D eigenvalue weighted by Gasteiger charge is -2.11. The average molecular weight is 426 g/mol. The number of anilines is 2. The normalized spacial score (nSPS) is 10.9. The molecule has 0 spiro atoms. The number of benzene rings is 3. The average Bonchev–Trinajstić information content (AvgIpc) is 2.74. The molecule has 0 bridgehead atoms. The van der Waals surface area contributed by atoms with E-state index in [2.05, 4.69) is 10.0 Å². The topological polar surface area (TPSA) is 93.7 Å². The lowest BCUT2D eigenvalue weighted by atomic mass is 10.2. The number of hydrogen-bond acceptors (Lipinski definition) is 5. The highest BCUT2D eigenvalue weighted by Crippen LogP contribution is 2.21. The minimum absolute atomic E-state index is 0.0888. The number of sulfonamides is 1. The maximum Gasteiger partial charge on any atom is 0.261 e. The van der Waals surface area contributed by atoms with Crippen LogP contribution in [-0.2, 0) is 10.0 Å². The molecule has 0 aliphatic carbocycles. The van der Waals surface area contributed by atoms with Gasteiger partial charge >= 0.3 is 0 Å². The Bertz CT molecular complexity index is 1130. The van der Waals surface area contributed by atoms with Gasteiger partial charge in [-0.25, -0.2) is 8.42 Å². The quantitative estimate of drug-likeness (QED) is 0.564. The van der Waals surface area contributed by atoms with Gasteiger partial charge in [-0.15, -0.1) is 0 Å². The van der Waals surface area contributed by atoms with Gasteiger partial charge in [0.15, 0.2) is 0 Å². The molecular formula is C22H22N2O5S. The first-order valence-electron chi connectivity index (χ1n) is 9.22. The van der Waals surface area contributed by atoms with E-state index in [9.17, 15) is 13.2 Å². The molecule has 0 unspecified atom stereocenters. The van der Waals surface area contributed by atoms with Crippen molar-refractivity contribution in [2.45, 2.75) is 11.8 Å². The molecular weight excluding hydrogens is 404 g/mol. The molecule has 0 radical (unpaired) electrons. The first-order valence-corrected chi connectivity index (χ1v) is 10.7. The van der Waals surface area contributed by atoms with Gasteiger partial charge in [-0.1, -0.05) is 12.1 Å². The van der Waals surface area contributed by atoms with Gasteiger partial charge in [0, 0.05) is 23.0 Å². The van der Waals surface area contributed by atoms with E-state index < -0.39 is 10.0 Å². The molecule has 0 atom stereocenters. The highest BCUT2D eigenvalue weighted by molar-refractivity contribution is 7.92. The summed E-state index contributed by atoms with van der Waals surface area (Å²) in [4.78, 5) is 12.7. The largest absolute Gasteiger partial charge is 0.497 e. The molecule has 0 fully saturated rings. The van der Waals surface area contributed by atoms with Crippen LogP contribution >= 0.6 is 0 Å². The molecule has 0 aliphatic heterocycles. The Labute approximate surface area is 175 Å². The lowest BCUT2D eigenvalue weighted by molar-refractivity contribution is 0.102. The van der Waals surface area contributed by atoms with Gasteiger partial charge in [0.25, 0.3) is 15.9 Å². The van der Waals surface area contributed by atoms with Gasteiger partial charge in [0.05, 0.1) is 18.6 Å². The van der Waals surface area contributed by atoms with Gasteiger partial charge in [-0.2, -0.15) is 0 Å². The van der Waals surface area contributed by atoms with Crippen molar-refractivity contribution >= 4 is 27.3 Å². The summed E-state index contributed by atoms with van der Waals surface area (Å²) in [6.07, 6.45) is 0. The van der Waals surface area contributed by atoms with Crippen LogP contribution < -0.4 is 19.5 Å². The van der Waals surface area contributed by atoms with Gasteiger partial charge in [-0.3, -0.25) is 9.52 Å². The minimum atomic E-state index is -3.81. The number of methoxy groups -OCH3 is 1. The van der Waals surface area contributed by atoms with Crippen LogP contribution in [0.15, 0.2) is 77.7 Å². The van der Waals surface area contributed by atoms with Crippen LogP contribution in [0, 0.1) is 0 Å². The molecule has 7 nitrogen and oxygen atoms in total. The summed E-state index contributed by atoms with van der Waals surface area (Å²) >= 11 is 0. The molecule has 3 rings (SSSR count). The number of hydrogen-bond donors (Lipinski definition) is 2. The Morgan fingerprint density at radius 3 is 2.30 bits per heavy atom. The fourth-order valence-electron chi connectivity index (χ4n) is 2.73. The summed E-state index contributed by atoms with van der Waals surface area (Å²) in [6.45, 7) is 2.40. The monoisotopic (exact) mass is 426 g/mol. The molecule has 0 saturated carbocycles. The van der Waals surface area contributed by atoms with E-state index in [0.29, 0.717) is 29.4 Å². The van der Waals surface area contributed by atoms with Crippen molar-refractivity contribution in [2.75, 3.05) is 23.8 Å². The van der Waals surface area contributed by atoms with Crippen molar-refractivity contribution in [3.05, 3.63) is 78.4 Å². The number of carbonyl (C=O) groups is 1. The molecule has 156 valence electrons. The van der Waals surface area contributed by atoms with Crippen LogP contribution in [-0.4, -0.2) is 28.0 Å².